The van der Waals surface area contributed by atoms with Gasteiger partial charge in [0.2, 0.25) is 5.78 Å². The van der Waals surface area contributed by atoms with Crippen molar-refractivity contribution in [2.24, 2.45) is 0 Å². The molecule has 0 aliphatic carbocycles. The molecule has 1 N–H and O–H groups in total. The van der Waals surface area contributed by atoms with E-state index in [1.165, 1.54) is 26.2 Å². The first-order valence-electron chi connectivity index (χ1n) is 7.23. The van der Waals surface area contributed by atoms with E-state index in [9.17, 15) is 14.4 Å². The lowest BCUT2D eigenvalue weighted by atomic mass is 10.0. The first-order valence-corrected chi connectivity index (χ1v) is 7.23. The molecule has 0 saturated heterocycles. The highest BCUT2D eigenvalue weighted by molar-refractivity contribution is 6.05. The first-order chi connectivity index (χ1) is 10.7. The lowest BCUT2D eigenvalue weighted by molar-refractivity contribution is 0.0315. The number of ether oxygens (including phenoxy) is 1. The maximum Gasteiger partial charge on any atom is 0.342 e. The lowest BCUT2D eigenvalue weighted by Gasteiger charge is -2.11. The minimum atomic E-state index is -0.978. The molecule has 0 aromatic carbocycles. The summed E-state index contributed by atoms with van der Waals surface area (Å²) >= 11 is 0. The Morgan fingerprint density at radius 1 is 1.22 bits per heavy atom. The quantitative estimate of drug-likeness (QED) is 0.676. The Kier molecular flexibility index (Phi) is 4.54. The fraction of sp³-hybridized carbons (Fsp3) is 0.353. The fourth-order valence-corrected chi connectivity index (χ4v) is 2.60. The van der Waals surface area contributed by atoms with Crippen molar-refractivity contribution in [1.82, 2.24) is 4.98 Å². The molecule has 122 valence electrons. The molecule has 0 radical (unpaired) electrons. The van der Waals surface area contributed by atoms with Crippen LogP contribution in [0.2, 0.25) is 0 Å². The van der Waals surface area contributed by atoms with Crippen molar-refractivity contribution < 1.29 is 23.5 Å². The third-order valence-corrected chi connectivity index (χ3v) is 3.77. The van der Waals surface area contributed by atoms with Crippen molar-refractivity contribution in [3.8, 4) is 0 Å². The molecule has 0 unspecified atom stereocenters. The van der Waals surface area contributed by atoms with Crippen LogP contribution in [0.25, 0.3) is 0 Å². The smallest absolute Gasteiger partial charge is 0.342 e. The van der Waals surface area contributed by atoms with E-state index in [4.69, 9.17) is 9.15 Å². The summed E-state index contributed by atoms with van der Waals surface area (Å²) in [5, 5.41) is 0. The molecular weight excluding hydrogens is 298 g/mol. The van der Waals surface area contributed by atoms with Crippen LogP contribution in [0, 0.1) is 20.8 Å². The molecule has 0 spiro atoms. The highest BCUT2D eigenvalue weighted by atomic mass is 16.5. The molecular formula is C17H19NO5. The van der Waals surface area contributed by atoms with Gasteiger partial charge in [-0.15, -0.1) is 0 Å². The predicted octanol–water partition coefficient (Wildman–Crippen LogP) is 3.16. The van der Waals surface area contributed by atoms with Crippen molar-refractivity contribution in [3.05, 3.63) is 46.2 Å². The van der Waals surface area contributed by atoms with Crippen LogP contribution >= 0.6 is 0 Å². The third-order valence-electron chi connectivity index (χ3n) is 3.77. The summed E-state index contributed by atoms with van der Waals surface area (Å²) in [5.74, 6) is -0.688. The second-order valence-corrected chi connectivity index (χ2v) is 5.48. The number of Topliss-reactive ketones (excluding diaryl/α,β-unsaturated/α-hetero) is 2. The Bertz CT molecular complexity index is 781. The van der Waals surface area contributed by atoms with Crippen LogP contribution in [0.4, 0.5) is 0 Å². The Hall–Kier alpha value is -2.63. The standard InChI is InChI=1S/C17H19NO5/c1-8-14(10(3)19)9(2)18-15(8)16(20)12(5)23-17(21)13-6-7-22-11(13)4/h6-7,12,18H,1-5H3/t12-/m0/s1. The van der Waals surface area contributed by atoms with Gasteiger partial charge in [-0.2, -0.15) is 0 Å². The number of carbonyl (C=O) groups is 3. The van der Waals surface area contributed by atoms with Gasteiger partial charge in [-0.3, -0.25) is 9.59 Å². The summed E-state index contributed by atoms with van der Waals surface area (Å²) in [6.07, 6.45) is 0.407. The average Bonchev–Trinajstić information content (AvgIpc) is 3.01. The number of nitrogens with one attached hydrogen (secondary N) is 1. The highest BCUT2D eigenvalue weighted by Gasteiger charge is 2.27. The van der Waals surface area contributed by atoms with Crippen LogP contribution < -0.4 is 0 Å². The number of H-pyrrole nitrogens is 1. The molecule has 23 heavy (non-hydrogen) atoms. The summed E-state index contributed by atoms with van der Waals surface area (Å²) in [7, 11) is 0. The number of aromatic amines is 1. The minimum absolute atomic E-state index is 0.117. The summed E-state index contributed by atoms with van der Waals surface area (Å²) in [6, 6.07) is 1.49. The fourth-order valence-electron chi connectivity index (χ4n) is 2.60. The molecule has 0 aliphatic heterocycles. The van der Waals surface area contributed by atoms with Gasteiger partial charge >= 0.3 is 5.97 Å². The number of carbonyl (C=O) groups excluding carboxylic acids is 3. The average molecular weight is 317 g/mol. The molecule has 2 rings (SSSR count). The number of hydrogen-bond donors (Lipinski definition) is 1. The van der Waals surface area contributed by atoms with E-state index in [0.29, 0.717) is 22.6 Å². The first kappa shape index (κ1) is 16.7. The van der Waals surface area contributed by atoms with E-state index in [1.54, 1.807) is 20.8 Å². The van der Waals surface area contributed by atoms with Crippen molar-refractivity contribution in [2.75, 3.05) is 0 Å². The van der Waals surface area contributed by atoms with E-state index in [2.05, 4.69) is 4.98 Å². The number of aromatic nitrogens is 1. The Balaban J connectivity index is 2.21. The topological polar surface area (TPSA) is 89.4 Å². The summed E-state index contributed by atoms with van der Waals surface area (Å²) in [6.45, 7) is 8.01. The molecule has 6 nitrogen and oxygen atoms in total. The molecule has 2 aromatic heterocycles. The number of rotatable bonds is 5. The number of esters is 1. The highest BCUT2D eigenvalue weighted by Crippen LogP contribution is 2.21. The zero-order valence-electron chi connectivity index (χ0n) is 13.8. The van der Waals surface area contributed by atoms with Gasteiger partial charge in [0.25, 0.3) is 0 Å². The van der Waals surface area contributed by atoms with Crippen molar-refractivity contribution in [2.45, 2.75) is 40.7 Å². The molecule has 0 bridgehead atoms. The molecule has 2 heterocycles. The van der Waals surface area contributed by atoms with Crippen molar-refractivity contribution in [1.29, 1.82) is 0 Å². The monoisotopic (exact) mass is 317 g/mol. The zero-order valence-corrected chi connectivity index (χ0v) is 13.8. The molecule has 0 fully saturated rings. The maximum absolute atomic E-state index is 12.5. The van der Waals surface area contributed by atoms with E-state index < -0.39 is 12.1 Å². The largest absolute Gasteiger partial charge is 0.469 e. The van der Waals surface area contributed by atoms with Crippen LogP contribution in [0.1, 0.15) is 62.1 Å². The Morgan fingerprint density at radius 3 is 2.35 bits per heavy atom. The number of hydrogen-bond acceptors (Lipinski definition) is 5. The van der Waals surface area contributed by atoms with Gasteiger partial charge in [0, 0.05) is 11.3 Å². The number of ketones is 2. The van der Waals surface area contributed by atoms with E-state index in [0.717, 1.165) is 0 Å². The molecule has 0 amide bonds. The van der Waals surface area contributed by atoms with E-state index in [-0.39, 0.29) is 22.8 Å². The van der Waals surface area contributed by atoms with Crippen molar-refractivity contribution in [3.63, 3.8) is 0 Å². The van der Waals surface area contributed by atoms with Gasteiger partial charge in [0.05, 0.1) is 12.0 Å². The number of aryl methyl sites for hydroxylation is 2. The van der Waals surface area contributed by atoms with Crippen LogP contribution in [0.3, 0.4) is 0 Å². The van der Waals surface area contributed by atoms with Crippen molar-refractivity contribution >= 4 is 17.5 Å². The van der Waals surface area contributed by atoms with Crippen LogP contribution in [0.15, 0.2) is 16.7 Å². The Morgan fingerprint density at radius 2 is 1.87 bits per heavy atom. The maximum atomic E-state index is 12.5. The Labute approximate surface area is 133 Å². The van der Waals surface area contributed by atoms with Gasteiger partial charge in [-0.05, 0) is 46.2 Å². The van der Waals surface area contributed by atoms with Crippen LogP contribution in [0.5, 0.6) is 0 Å². The van der Waals surface area contributed by atoms with Gasteiger partial charge in [0.1, 0.15) is 11.3 Å². The van der Waals surface area contributed by atoms with E-state index >= 15 is 0 Å². The normalized spacial score (nSPS) is 12.0. The summed E-state index contributed by atoms with van der Waals surface area (Å²) in [5.41, 5.74) is 2.27. The number of furan rings is 1. The second-order valence-electron chi connectivity index (χ2n) is 5.48. The van der Waals surface area contributed by atoms with Gasteiger partial charge in [-0.25, -0.2) is 4.79 Å². The third kappa shape index (κ3) is 3.11. The molecule has 0 aliphatic rings. The van der Waals surface area contributed by atoms with Crippen LogP contribution in [-0.4, -0.2) is 28.6 Å². The summed E-state index contributed by atoms with van der Waals surface area (Å²) in [4.78, 5) is 39.1. The predicted molar refractivity (Wildman–Crippen MR) is 82.9 cm³/mol. The lowest BCUT2D eigenvalue weighted by Crippen LogP contribution is -2.25. The molecule has 0 saturated carbocycles. The molecule has 1 atom stereocenters. The SMILES string of the molecule is CC(=O)c1c(C)[nH]c(C(=O)[C@H](C)OC(=O)c2ccoc2C)c1C. The summed E-state index contributed by atoms with van der Waals surface area (Å²) < 4.78 is 10.3. The van der Waals surface area contributed by atoms with Crippen LogP contribution in [-0.2, 0) is 4.74 Å². The van der Waals surface area contributed by atoms with Gasteiger partial charge in [0.15, 0.2) is 11.9 Å². The van der Waals surface area contributed by atoms with E-state index in [1.807, 2.05) is 0 Å². The minimum Gasteiger partial charge on any atom is -0.469 e. The zero-order chi connectivity index (χ0) is 17.3. The molecule has 2 aromatic rings. The molecule has 6 heteroatoms. The second kappa shape index (κ2) is 6.24. The van der Waals surface area contributed by atoms with Gasteiger partial charge in [-0.1, -0.05) is 0 Å². The van der Waals surface area contributed by atoms with Gasteiger partial charge < -0.3 is 14.1 Å².